The van der Waals surface area contributed by atoms with Crippen molar-refractivity contribution in [2.24, 2.45) is 0 Å². The van der Waals surface area contributed by atoms with Crippen LogP contribution in [0, 0.1) is 0 Å². The molecule has 0 amide bonds. The molecule has 0 aromatic heterocycles. The zero-order valence-electron chi connectivity index (χ0n) is 60.8. The Morgan fingerprint density at radius 3 is 0.885 bits per heavy atom. The zero-order chi connectivity index (χ0) is 70.4. The predicted octanol–water partition coefficient (Wildman–Crippen LogP) is 21.7. The fraction of sp³-hybridized carbons (Fsp3) is 0.792. The topological polar surface area (TPSA) is 237 Å². The van der Waals surface area contributed by atoms with Gasteiger partial charge in [0.05, 0.1) is 26.4 Å². The molecule has 5 atom stereocenters. The van der Waals surface area contributed by atoms with Crippen molar-refractivity contribution in [1.82, 2.24) is 0 Å². The van der Waals surface area contributed by atoms with Gasteiger partial charge in [-0.1, -0.05) is 274 Å². The smallest absolute Gasteiger partial charge is 0.462 e. The summed E-state index contributed by atoms with van der Waals surface area (Å²) in [5, 5.41) is 10.6. The Morgan fingerprint density at radius 1 is 0.292 bits per heavy atom. The van der Waals surface area contributed by atoms with Crippen molar-refractivity contribution in [1.29, 1.82) is 0 Å². The van der Waals surface area contributed by atoms with Crippen molar-refractivity contribution in [2.75, 3.05) is 39.6 Å². The second kappa shape index (κ2) is 70.0. The van der Waals surface area contributed by atoms with E-state index in [0.717, 1.165) is 173 Å². The van der Waals surface area contributed by atoms with Crippen LogP contribution in [0.1, 0.15) is 336 Å². The Hall–Kier alpha value is -3.50. The normalized spacial score (nSPS) is 14.4. The van der Waals surface area contributed by atoms with Crippen LogP contribution in [-0.4, -0.2) is 96.7 Å². The van der Waals surface area contributed by atoms with Gasteiger partial charge in [-0.15, -0.1) is 0 Å². The number of hydrogen-bond donors (Lipinski definition) is 3. The number of phosphoric ester groups is 2. The summed E-state index contributed by atoms with van der Waals surface area (Å²) in [6.07, 6.45) is 68.9. The first kappa shape index (κ1) is 92.5. The lowest BCUT2D eigenvalue weighted by molar-refractivity contribution is -0.161. The van der Waals surface area contributed by atoms with Crippen LogP contribution in [-0.2, 0) is 65.4 Å². The number of unbranched alkanes of at least 4 members (excludes halogenated alkanes) is 34. The standard InChI is InChI=1S/C77H138O17P2/c1-5-9-13-17-21-25-29-32-33-34-35-36-37-40-43-46-50-54-58-62-75(80)88-67-72(93-76(81)63-59-55-51-47-41-28-24-20-16-12-8-4)69-91-95(83,84)89-65-71(78)66-90-96(85,86)92-70-73(94-77(82)64-60-56-52-48-44-39-31-27-23-19-15-11-7-3)68-87-74(79)61-57-53-49-45-42-38-30-26-22-18-14-10-6-2/h14,18,20-21,24-26,30,32-33,35-36,71-73,78H,5-13,15-17,19,22-23,27-29,31,34,37-70H2,1-4H3,(H,83,84)(H,85,86)/b18-14-,24-20-,25-21-,30-26-,33-32-,36-35-. The fourth-order valence-corrected chi connectivity index (χ4v) is 11.8. The number of aliphatic hydroxyl groups is 1. The molecule has 0 heterocycles. The van der Waals surface area contributed by atoms with Gasteiger partial charge in [-0.25, -0.2) is 9.13 Å². The Morgan fingerprint density at radius 2 is 0.542 bits per heavy atom. The molecule has 17 nitrogen and oxygen atoms in total. The summed E-state index contributed by atoms with van der Waals surface area (Å²) in [7, 11) is -9.94. The number of hydrogen-bond acceptors (Lipinski definition) is 15. The Labute approximate surface area is 583 Å². The molecule has 0 spiro atoms. The van der Waals surface area contributed by atoms with Crippen molar-refractivity contribution in [3.63, 3.8) is 0 Å². The van der Waals surface area contributed by atoms with E-state index in [4.69, 9.17) is 37.0 Å². The minimum Gasteiger partial charge on any atom is -0.462 e. The first-order valence-corrected chi connectivity index (χ1v) is 41.2. The molecule has 0 aliphatic carbocycles. The Bertz CT molecular complexity index is 2110. The maximum absolute atomic E-state index is 13.1. The molecular formula is C77H138O17P2. The molecule has 0 aromatic carbocycles. The van der Waals surface area contributed by atoms with Gasteiger partial charge in [0.25, 0.3) is 0 Å². The summed E-state index contributed by atoms with van der Waals surface area (Å²) in [4.78, 5) is 72.7. The third-order valence-electron chi connectivity index (χ3n) is 16.1. The highest BCUT2D eigenvalue weighted by Crippen LogP contribution is 2.45. The minimum atomic E-state index is -4.97. The van der Waals surface area contributed by atoms with Crippen LogP contribution < -0.4 is 0 Å². The van der Waals surface area contributed by atoms with Crippen molar-refractivity contribution < 1.29 is 80.2 Å². The lowest BCUT2D eigenvalue weighted by Crippen LogP contribution is -2.30. The van der Waals surface area contributed by atoms with Crippen LogP contribution >= 0.6 is 15.6 Å². The highest BCUT2D eigenvalue weighted by atomic mass is 31.2. The number of aliphatic hydroxyl groups excluding tert-OH is 1. The van der Waals surface area contributed by atoms with Gasteiger partial charge in [0.2, 0.25) is 0 Å². The van der Waals surface area contributed by atoms with Crippen molar-refractivity contribution in [2.45, 2.75) is 354 Å². The summed E-state index contributed by atoms with van der Waals surface area (Å²) in [5.74, 6) is -2.19. The van der Waals surface area contributed by atoms with Crippen LogP contribution in [0.15, 0.2) is 72.9 Å². The summed E-state index contributed by atoms with van der Waals surface area (Å²) in [6.45, 7) is 4.74. The predicted molar refractivity (Wildman–Crippen MR) is 390 cm³/mol. The summed E-state index contributed by atoms with van der Waals surface area (Å²) >= 11 is 0. The molecule has 0 radical (unpaired) electrons. The van der Waals surface area contributed by atoms with Gasteiger partial charge in [-0.3, -0.25) is 37.3 Å². The van der Waals surface area contributed by atoms with Crippen LogP contribution in [0.5, 0.6) is 0 Å². The second-order valence-corrected chi connectivity index (χ2v) is 28.5. The fourth-order valence-electron chi connectivity index (χ4n) is 10.2. The van der Waals surface area contributed by atoms with Gasteiger partial charge >= 0.3 is 39.5 Å². The van der Waals surface area contributed by atoms with E-state index in [1.807, 2.05) is 0 Å². The molecule has 0 saturated carbocycles. The number of ether oxygens (including phenoxy) is 4. The van der Waals surface area contributed by atoms with Gasteiger partial charge in [0.1, 0.15) is 19.3 Å². The molecule has 19 heteroatoms. The minimum absolute atomic E-state index is 0.0835. The second-order valence-electron chi connectivity index (χ2n) is 25.6. The zero-order valence-corrected chi connectivity index (χ0v) is 62.6. The number of rotatable bonds is 72. The maximum atomic E-state index is 13.1. The van der Waals surface area contributed by atoms with Crippen molar-refractivity contribution in [3.05, 3.63) is 72.9 Å². The number of phosphoric acid groups is 2. The largest absolute Gasteiger partial charge is 0.472 e. The highest BCUT2D eigenvalue weighted by molar-refractivity contribution is 7.47. The molecule has 0 rings (SSSR count). The van der Waals surface area contributed by atoms with E-state index in [0.29, 0.717) is 25.7 Å². The van der Waals surface area contributed by atoms with E-state index in [-0.39, 0.29) is 25.7 Å². The van der Waals surface area contributed by atoms with Gasteiger partial charge in [0.15, 0.2) is 12.2 Å². The molecule has 3 N–H and O–H groups in total. The lowest BCUT2D eigenvalue weighted by atomic mass is 10.0. The third-order valence-corrected chi connectivity index (χ3v) is 18.0. The molecule has 558 valence electrons. The van der Waals surface area contributed by atoms with Gasteiger partial charge in [-0.2, -0.15) is 0 Å². The third kappa shape index (κ3) is 69.0. The Balaban J connectivity index is 5.29. The molecule has 0 bridgehead atoms. The molecule has 0 aliphatic rings. The molecule has 0 saturated heterocycles. The van der Waals surface area contributed by atoms with Crippen molar-refractivity contribution in [3.8, 4) is 0 Å². The summed E-state index contributed by atoms with van der Waals surface area (Å²) < 4.78 is 68.4. The SMILES string of the molecule is CCC/C=C\C/C=C\CCCCCCCC(=O)OCC(COP(=O)(O)OCC(O)COP(=O)(O)OCC(COC(=O)CCCCCCCC/C=C\C/C=C\C/C=C\CCCCC)OC(=O)CCCCCCC/C=C\CCCC)OC(=O)CCCCCCCCCCCCCCC. The number of allylic oxidation sites excluding steroid dienone is 12. The van der Waals surface area contributed by atoms with E-state index < -0.39 is 97.5 Å². The van der Waals surface area contributed by atoms with E-state index in [9.17, 15) is 43.2 Å². The van der Waals surface area contributed by atoms with Crippen molar-refractivity contribution >= 4 is 39.5 Å². The summed E-state index contributed by atoms with van der Waals surface area (Å²) in [6, 6.07) is 0. The van der Waals surface area contributed by atoms with Crippen LogP contribution in [0.3, 0.4) is 0 Å². The van der Waals surface area contributed by atoms with Crippen LogP contribution in [0.2, 0.25) is 0 Å². The first-order valence-electron chi connectivity index (χ1n) is 38.2. The molecule has 5 unspecified atom stereocenters. The van der Waals surface area contributed by atoms with E-state index in [1.165, 1.54) is 83.5 Å². The average Bonchev–Trinajstić information content (AvgIpc) is 1.28. The monoisotopic (exact) mass is 1400 g/mol. The van der Waals surface area contributed by atoms with E-state index in [2.05, 4.69) is 101 Å². The molecular weight excluding hydrogens is 1260 g/mol. The summed E-state index contributed by atoms with van der Waals surface area (Å²) in [5.41, 5.74) is 0. The highest BCUT2D eigenvalue weighted by Gasteiger charge is 2.30. The number of carbonyl (C=O) groups is 4. The molecule has 96 heavy (non-hydrogen) atoms. The Kier molecular flexibility index (Phi) is 67.4. The number of esters is 4. The van der Waals surface area contributed by atoms with Gasteiger partial charge in [0, 0.05) is 25.7 Å². The van der Waals surface area contributed by atoms with Crippen LogP contribution in [0.25, 0.3) is 0 Å². The average molecular weight is 1400 g/mol. The van der Waals surface area contributed by atoms with Crippen LogP contribution in [0.4, 0.5) is 0 Å². The lowest BCUT2D eigenvalue weighted by Gasteiger charge is -2.21. The molecule has 0 aliphatic heterocycles. The van der Waals surface area contributed by atoms with Gasteiger partial charge < -0.3 is 33.8 Å². The van der Waals surface area contributed by atoms with E-state index in [1.54, 1.807) is 0 Å². The maximum Gasteiger partial charge on any atom is 0.472 e. The number of carbonyl (C=O) groups excluding carboxylic acids is 4. The van der Waals surface area contributed by atoms with Gasteiger partial charge in [-0.05, 0) is 109 Å². The van der Waals surface area contributed by atoms with E-state index >= 15 is 0 Å². The first-order chi connectivity index (χ1) is 46.7. The quantitative estimate of drug-likeness (QED) is 0.0169. The molecule has 0 aromatic rings. The molecule has 0 fully saturated rings.